The first kappa shape index (κ1) is 16.1. The first-order valence-electron chi connectivity index (χ1n) is 3.26. The van der Waals surface area contributed by atoms with Crippen molar-refractivity contribution in [2.75, 3.05) is 0 Å². The van der Waals surface area contributed by atoms with Crippen molar-refractivity contribution >= 4 is 127 Å². The lowest BCUT2D eigenvalue weighted by Crippen LogP contribution is -2.02. The third-order valence-electron chi connectivity index (χ3n) is 1.49. The van der Waals surface area contributed by atoms with Gasteiger partial charge in [-0.25, -0.2) is 0 Å². The van der Waals surface area contributed by atoms with Crippen LogP contribution in [0.25, 0.3) is 0 Å². The number of hydrogen-bond acceptors (Lipinski definition) is 0. The molecule has 0 nitrogen and oxygen atoms in total. The molecule has 0 saturated heterocycles. The molecule has 0 aliphatic heterocycles. The summed E-state index contributed by atoms with van der Waals surface area (Å²) in [4.78, 5) is 0. The Bertz CT molecular complexity index is 375. The summed E-state index contributed by atoms with van der Waals surface area (Å²) in [6.45, 7) is 0. The van der Waals surface area contributed by atoms with Crippen molar-refractivity contribution in [3.8, 4) is 0 Å². The largest absolute Gasteiger partial charge is 0.162 e. The van der Waals surface area contributed by atoms with Crippen molar-refractivity contribution in [1.29, 1.82) is 0 Å². The van der Waals surface area contributed by atoms with E-state index >= 15 is 0 Å². The Morgan fingerprint density at radius 1 is 0.533 bits per heavy atom. The molecule has 0 atom stereocenters. The van der Waals surface area contributed by atoms with Crippen LogP contribution in [-0.4, -0.2) is 0 Å². The highest BCUT2D eigenvalue weighted by Gasteiger charge is 2.30. The Kier molecular flexibility index (Phi) is 6.46. The van der Waals surface area contributed by atoms with Crippen LogP contribution in [-0.2, 0) is 2.14 Å². The van der Waals surface area contributed by atoms with Crippen LogP contribution in [0, 0.1) is 0 Å². The molecular weight excluding hydrogens is 723 g/mol. The van der Waals surface area contributed by atoms with E-state index in [9.17, 15) is 0 Å². The average molecular weight is 723 g/mol. The first-order valence-corrected chi connectivity index (χ1v) is 9.61. The fourth-order valence-corrected chi connectivity index (χ4v) is 7.28. The molecule has 0 unspecified atom stereocenters. The molecule has 1 aromatic carbocycles. The van der Waals surface area contributed by atoms with Gasteiger partial charge in [-0.2, -0.15) is 0 Å². The molecule has 0 aliphatic rings. The molecule has 8 heteroatoms. The lowest BCUT2D eigenvalue weighted by atomic mass is 10.2. The van der Waals surface area contributed by atoms with Crippen LogP contribution >= 0.6 is 127 Å². The van der Waals surface area contributed by atoms with Gasteiger partial charge < -0.3 is 0 Å². The minimum atomic E-state index is -0.490. The summed E-state index contributed by atoms with van der Waals surface area (Å²) in [5.74, 6) is 0. The molecule has 0 N–H and O–H groups in total. The number of hydrogen-bond donors (Lipinski definition) is 0. The molecule has 0 radical (unpaired) electrons. The Morgan fingerprint density at radius 2 is 0.800 bits per heavy atom. The summed E-state index contributed by atoms with van der Waals surface area (Å²) in [5, 5.41) is 0. The van der Waals surface area contributed by atoms with Crippen LogP contribution in [0.4, 0.5) is 0 Å². The maximum atomic E-state index is 3.53. The highest BCUT2D eigenvalue weighted by atomic mass is 80.0. The second kappa shape index (κ2) is 6.01. The molecule has 0 aromatic heterocycles. The van der Waals surface area contributed by atoms with Crippen molar-refractivity contribution in [3.63, 3.8) is 0 Å². The summed E-state index contributed by atoms with van der Waals surface area (Å²) in [6, 6.07) is 0. The van der Waals surface area contributed by atoms with Crippen LogP contribution in [0.3, 0.4) is 0 Å². The van der Waals surface area contributed by atoms with Gasteiger partial charge in [-0.15, -0.1) is 0 Å². The third-order valence-corrected chi connectivity index (χ3v) is 8.78. The van der Waals surface area contributed by atoms with E-state index in [2.05, 4.69) is 127 Å². The minimum absolute atomic E-state index is 0.490. The number of benzene rings is 1. The van der Waals surface area contributed by atoms with Gasteiger partial charge in [0.15, 0.2) is 2.14 Å². The van der Waals surface area contributed by atoms with E-state index in [1.54, 1.807) is 0 Å². The van der Waals surface area contributed by atoms with Gasteiger partial charge in [-0.1, -0.05) is 47.8 Å². The van der Waals surface area contributed by atoms with Gasteiger partial charge in [0.1, 0.15) is 0 Å². The van der Waals surface area contributed by atoms with Gasteiger partial charge in [0.05, 0.1) is 0 Å². The molecular formula is C7Br8. The summed E-state index contributed by atoms with van der Waals surface area (Å²) < 4.78 is 4.22. The first-order chi connectivity index (χ1) is 6.68. The second-order valence-electron chi connectivity index (χ2n) is 2.44. The molecule has 1 rings (SSSR count). The Labute approximate surface area is 155 Å². The van der Waals surface area contributed by atoms with Crippen molar-refractivity contribution in [1.82, 2.24) is 0 Å². The molecule has 0 bridgehead atoms. The lowest BCUT2D eigenvalue weighted by molar-refractivity contribution is 1.26. The molecule has 0 spiro atoms. The van der Waals surface area contributed by atoms with Crippen LogP contribution in [0.15, 0.2) is 22.4 Å². The number of alkyl halides is 3. The zero-order valence-electron chi connectivity index (χ0n) is 6.52. The molecule has 84 valence electrons. The summed E-state index contributed by atoms with van der Waals surface area (Å²) in [6.07, 6.45) is 0. The van der Waals surface area contributed by atoms with E-state index in [0.29, 0.717) is 0 Å². The molecule has 15 heavy (non-hydrogen) atoms. The highest BCUT2D eigenvalue weighted by molar-refractivity contribution is 9.38. The topological polar surface area (TPSA) is 0 Å². The summed E-state index contributed by atoms with van der Waals surface area (Å²) in [5.41, 5.74) is 0.990. The van der Waals surface area contributed by atoms with E-state index in [4.69, 9.17) is 0 Å². The van der Waals surface area contributed by atoms with E-state index < -0.39 is 2.14 Å². The minimum Gasteiger partial charge on any atom is -0.0545 e. The Balaban J connectivity index is 3.68. The molecule has 0 aliphatic carbocycles. The van der Waals surface area contributed by atoms with Crippen molar-refractivity contribution in [2.24, 2.45) is 0 Å². The standard InChI is InChI=1S/C7Br8/c8-2-1(7(13,14)15)3(9)5(11)6(12)4(2)10. The van der Waals surface area contributed by atoms with E-state index in [1.165, 1.54) is 0 Å². The average Bonchev–Trinajstić information content (AvgIpc) is 2.09. The Hall–Kier alpha value is 3.06. The SMILES string of the molecule is Brc1c(Br)c(Br)c(C(Br)(Br)Br)c(Br)c1Br. The van der Waals surface area contributed by atoms with Gasteiger partial charge in [-0.3, -0.25) is 0 Å². The van der Waals surface area contributed by atoms with E-state index in [-0.39, 0.29) is 0 Å². The molecule has 0 saturated carbocycles. The van der Waals surface area contributed by atoms with Gasteiger partial charge in [-0.05, 0) is 79.6 Å². The normalized spacial score (nSPS) is 12.0. The quantitative estimate of drug-likeness (QED) is 0.146. The maximum Gasteiger partial charge on any atom is 0.162 e. The predicted octanol–water partition coefficient (Wildman–Crippen LogP) is 7.79. The van der Waals surface area contributed by atoms with Crippen LogP contribution < -0.4 is 0 Å². The predicted molar refractivity (Wildman–Crippen MR) is 93.4 cm³/mol. The number of halogens is 8. The van der Waals surface area contributed by atoms with Crippen LogP contribution in [0.5, 0.6) is 0 Å². The van der Waals surface area contributed by atoms with Crippen LogP contribution in [0.2, 0.25) is 0 Å². The van der Waals surface area contributed by atoms with E-state index in [1.807, 2.05) is 0 Å². The highest BCUT2D eigenvalue weighted by Crippen LogP contribution is 2.55. The lowest BCUT2D eigenvalue weighted by Gasteiger charge is -2.20. The van der Waals surface area contributed by atoms with Gasteiger partial charge >= 0.3 is 0 Å². The fraction of sp³-hybridized carbons (Fsp3) is 0.143. The molecule has 1 aromatic rings. The van der Waals surface area contributed by atoms with Crippen LogP contribution in [0.1, 0.15) is 5.56 Å². The summed E-state index contributed by atoms with van der Waals surface area (Å²) in [7, 11) is 0. The zero-order valence-corrected chi connectivity index (χ0v) is 19.2. The Morgan fingerprint density at radius 3 is 1.07 bits per heavy atom. The van der Waals surface area contributed by atoms with Gasteiger partial charge in [0.2, 0.25) is 0 Å². The third kappa shape index (κ3) is 3.54. The maximum absolute atomic E-state index is 3.53. The fourth-order valence-electron chi connectivity index (χ4n) is 0.854. The zero-order chi connectivity index (χ0) is 12.0. The van der Waals surface area contributed by atoms with Crippen molar-refractivity contribution < 1.29 is 0 Å². The molecule has 0 fully saturated rings. The monoisotopic (exact) mass is 715 g/mol. The van der Waals surface area contributed by atoms with Gasteiger partial charge in [0, 0.05) is 27.9 Å². The second-order valence-corrected chi connectivity index (χ2v) is 13.2. The van der Waals surface area contributed by atoms with E-state index in [0.717, 1.165) is 27.9 Å². The van der Waals surface area contributed by atoms with Gasteiger partial charge in [0.25, 0.3) is 0 Å². The van der Waals surface area contributed by atoms with Crippen molar-refractivity contribution in [3.05, 3.63) is 27.9 Å². The molecule has 0 amide bonds. The number of rotatable bonds is 0. The smallest absolute Gasteiger partial charge is 0.0545 e. The molecule has 0 heterocycles. The summed E-state index contributed by atoms with van der Waals surface area (Å²) >= 11 is 28.0. The van der Waals surface area contributed by atoms with Crippen molar-refractivity contribution in [2.45, 2.75) is 2.14 Å².